The van der Waals surface area contributed by atoms with E-state index in [4.69, 9.17) is 4.52 Å². The molecular weight excluding hydrogens is 280 g/mol. The maximum Gasteiger partial charge on any atom is 0.316 e. The largest absolute Gasteiger partial charge is 0.348 e. The Bertz CT molecular complexity index is 710. The number of hydrogen-bond donors (Lipinski definition) is 1. The summed E-state index contributed by atoms with van der Waals surface area (Å²) < 4.78 is 5.05. The number of aromatic nitrogens is 3. The summed E-state index contributed by atoms with van der Waals surface area (Å²) in [5.41, 5.74) is 0.774. The van der Waals surface area contributed by atoms with Crippen LogP contribution in [-0.2, 0) is 0 Å². The van der Waals surface area contributed by atoms with Crippen molar-refractivity contribution in [3.8, 4) is 11.4 Å². The van der Waals surface area contributed by atoms with Crippen LogP contribution in [0.2, 0.25) is 0 Å². The average molecular weight is 296 g/mol. The molecule has 1 fully saturated rings. The molecule has 0 saturated heterocycles. The van der Waals surface area contributed by atoms with Crippen molar-refractivity contribution in [1.29, 1.82) is 0 Å². The first-order valence-electron chi connectivity index (χ1n) is 7.50. The van der Waals surface area contributed by atoms with Gasteiger partial charge in [-0.15, -0.1) is 0 Å². The second-order valence-electron chi connectivity index (χ2n) is 5.91. The van der Waals surface area contributed by atoms with Gasteiger partial charge in [0, 0.05) is 24.5 Å². The highest BCUT2D eigenvalue weighted by Gasteiger charge is 2.35. The van der Waals surface area contributed by atoms with E-state index in [0.29, 0.717) is 30.1 Å². The molecule has 2 bridgehead atoms. The standard InChI is InChI=1S/C16H16N4O2/c21-15(18-9-13-8-10-1-2-12(13)7-10)16-19-14(20-22-16)11-3-5-17-6-4-11/h1-6,10,12-13H,7-9H2,(H,18,21). The van der Waals surface area contributed by atoms with Crippen LogP contribution >= 0.6 is 0 Å². The molecule has 1 amide bonds. The lowest BCUT2D eigenvalue weighted by molar-refractivity contribution is 0.0901. The summed E-state index contributed by atoms with van der Waals surface area (Å²) in [6, 6.07) is 3.54. The number of hydrogen-bond acceptors (Lipinski definition) is 5. The SMILES string of the molecule is O=C(NCC1CC2C=CC1C2)c1nc(-c2ccncc2)no1. The van der Waals surface area contributed by atoms with E-state index in [2.05, 4.69) is 32.6 Å². The van der Waals surface area contributed by atoms with Crippen molar-refractivity contribution in [1.82, 2.24) is 20.4 Å². The van der Waals surface area contributed by atoms with E-state index in [1.807, 2.05) is 0 Å². The smallest absolute Gasteiger partial charge is 0.316 e. The molecule has 22 heavy (non-hydrogen) atoms. The first-order chi connectivity index (χ1) is 10.8. The third-order valence-electron chi connectivity index (χ3n) is 4.50. The predicted molar refractivity (Wildman–Crippen MR) is 78.7 cm³/mol. The van der Waals surface area contributed by atoms with Crippen LogP contribution in [0, 0.1) is 17.8 Å². The van der Waals surface area contributed by atoms with Crippen LogP contribution < -0.4 is 5.32 Å². The van der Waals surface area contributed by atoms with Crippen molar-refractivity contribution in [2.75, 3.05) is 6.54 Å². The molecule has 4 rings (SSSR count). The van der Waals surface area contributed by atoms with Crippen LogP contribution in [-0.4, -0.2) is 27.6 Å². The molecule has 2 aromatic rings. The Balaban J connectivity index is 1.39. The number of allylic oxidation sites excluding steroid dienone is 2. The van der Waals surface area contributed by atoms with Gasteiger partial charge in [-0.05, 0) is 42.7 Å². The lowest BCUT2D eigenvalue weighted by Gasteiger charge is -2.17. The Labute approximate surface area is 127 Å². The van der Waals surface area contributed by atoms with Gasteiger partial charge in [-0.2, -0.15) is 4.98 Å². The Kier molecular flexibility index (Phi) is 3.21. The summed E-state index contributed by atoms with van der Waals surface area (Å²) >= 11 is 0. The quantitative estimate of drug-likeness (QED) is 0.874. The number of amides is 1. The highest BCUT2D eigenvalue weighted by Crippen LogP contribution is 2.42. The van der Waals surface area contributed by atoms with Gasteiger partial charge in [0.25, 0.3) is 0 Å². The monoisotopic (exact) mass is 296 g/mol. The fourth-order valence-electron chi connectivity index (χ4n) is 3.36. The number of fused-ring (bicyclic) bond motifs is 2. The zero-order valence-corrected chi connectivity index (χ0v) is 12.0. The molecule has 0 aliphatic heterocycles. The maximum atomic E-state index is 12.1. The molecule has 0 radical (unpaired) electrons. The Morgan fingerprint density at radius 3 is 2.86 bits per heavy atom. The lowest BCUT2D eigenvalue weighted by atomic mass is 9.94. The number of pyridine rings is 1. The number of carbonyl (C=O) groups excluding carboxylic acids is 1. The van der Waals surface area contributed by atoms with E-state index in [9.17, 15) is 4.79 Å². The molecule has 0 aromatic carbocycles. The fourth-order valence-corrected chi connectivity index (χ4v) is 3.36. The van der Waals surface area contributed by atoms with Crippen molar-refractivity contribution < 1.29 is 9.32 Å². The van der Waals surface area contributed by atoms with Crippen molar-refractivity contribution >= 4 is 5.91 Å². The van der Waals surface area contributed by atoms with Gasteiger partial charge < -0.3 is 9.84 Å². The van der Waals surface area contributed by atoms with Crippen LogP contribution in [0.3, 0.4) is 0 Å². The van der Waals surface area contributed by atoms with Gasteiger partial charge >= 0.3 is 11.8 Å². The van der Waals surface area contributed by atoms with Crippen LogP contribution in [0.25, 0.3) is 11.4 Å². The number of nitrogens with zero attached hydrogens (tertiary/aromatic N) is 3. The van der Waals surface area contributed by atoms with E-state index in [-0.39, 0.29) is 11.8 Å². The highest BCUT2D eigenvalue weighted by atomic mass is 16.5. The first-order valence-corrected chi connectivity index (χ1v) is 7.50. The van der Waals surface area contributed by atoms with Crippen molar-refractivity contribution in [3.63, 3.8) is 0 Å². The summed E-state index contributed by atoms with van der Waals surface area (Å²) in [4.78, 5) is 20.2. The van der Waals surface area contributed by atoms with Crippen molar-refractivity contribution in [3.05, 3.63) is 42.6 Å². The van der Waals surface area contributed by atoms with E-state index in [1.54, 1.807) is 24.5 Å². The molecule has 6 heteroatoms. The van der Waals surface area contributed by atoms with E-state index in [0.717, 1.165) is 12.0 Å². The number of carbonyl (C=O) groups is 1. The maximum absolute atomic E-state index is 12.1. The fraction of sp³-hybridized carbons (Fsp3) is 0.375. The highest BCUT2D eigenvalue weighted by molar-refractivity contribution is 5.89. The first kappa shape index (κ1) is 13.2. The molecule has 1 N–H and O–H groups in total. The van der Waals surface area contributed by atoms with Crippen LogP contribution in [0.4, 0.5) is 0 Å². The lowest BCUT2D eigenvalue weighted by Crippen LogP contribution is -2.31. The minimum atomic E-state index is -0.306. The van der Waals surface area contributed by atoms with E-state index in [1.165, 1.54) is 6.42 Å². The number of rotatable bonds is 4. The van der Waals surface area contributed by atoms with Crippen LogP contribution in [0.5, 0.6) is 0 Å². The molecule has 1 saturated carbocycles. The topological polar surface area (TPSA) is 80.9 Å². The van der Waals surface area contributed by atoms with Crippen molar-refractivity contribution in [2.24, 2.45) is 17.8 Å². The molecule has 3 atom stereocenters. The molecule has 2 aliphatic carbocycles. The number of nitrogens with one attached hydrogen (secondary N) is 1. The van der Waals surface area contributed by atoms with Crippen LogP contribution in [0.15, 0.2) is 41.2 Å². The van der Waals surface area contributed by atoms with Gasteiger partial charge in [-0.3, -0.25) is 9.78 Å². The van der Waals surface area contributed by atoms with Gasteiger partial charge in [0.15, 0.2) is 0 Å². The molecule has 2 aliphatic rings. The van der Waals surface area contributed by atoms with E-state index >= 15 is 0 Å². The van der Waals surface area contributed by atoms with Gasteiger partial charge in [0.2, 0.25) is 5.82 Å². The molecule has 6 nitrogen and oxygen atoms in total. The summed E-state index contributed by atoms with van der Waals surface area (Å²) in [5.74, 6) is 1.94. The molecule has 3 unspecified atom stereocenters. The summed E-state index contributed by atoms with van der Waals surface area (Å²) in [5, 5.41) is 6.75. The van der Waals surface area contributed by atoms with Gasteiger partial charge in [-0.25, -0.2) is 0 Å². The average Bonchev–Trinajstić information content (AvgIpc) is 3.29. The van der Waals surface area contributed by atoms with Gasteiger partial charge in [0.05, 0.1) is 0 Å². The second-order valence-corrected chi connectivity index (χ2v) is 5.91. The summed E-state index contributed by atoms with van der Waals surface area (Å²) in [7, 11) is 0. The molecule has 2 heterocycles. The summed E-state index contributed by atoms with van der Waals surface area (Å²) in [6.07, 6.45) is 10.3. The molecule has 112 valence electrons. The molecule has 0 spiro atoms. The Morgan fingerprint density at radius 2 is 2.14 bits per heavy atom. The minimum Gasteiger partial charge on any atom is -0.348 e. The minimum absolute atomic E-state index is 0.00510. The zero-order chi connectivity index (χ0) is 14.9. The second kappa shape index (κ2) is 5.36. The predicted octanol–water partition coefficient (Wildman–Crippen LogP) is 2.07. The molecular formula is C16H16N4O2. The van der Waals surface area contributed by atoms with Gasteiger partial charge in [-0.1, -0.05) is 17.3 Å². The van der Waals surface area contributed by atoms with E-state index < -0.39 is 0 Å². The van der Waals surface area contributed by atoms with Gasteiger partial charge in [0.1, 0.15) is 0 Å². The zero-order valence-electron chi connectivity index (χ0n) is 12.0. The van der Waals surface area contributed by atoms with Crippen molar-refractivity contribution in [2.45, 2.75) is 12.8 Å². The third-order valence-corrected chi connectivity index (χ3v) is 4.50. The molecule has 2 aromatic heterocycles. The Morgan fingerprint density at radius 1 is 1.27 bits per heavy atom. The Hall–Kier alpha value is -2.50. The van der Waals surface area contributed by atoms with Crippen LogP contribution in [0.1, 0.15) is 23.5 Å². The summed E-state index contributed by atoms with van der Waals surface area (Å²) in [6.45, 7) is 0.664. The normalized spacial score (nSPS) is 25.5. The third kappa shape index (κ3) is 2.41.